The summed E-state index contributed by atoms with van der Waals surface area (Å²) in [6.45, 7) is 11.4. The van der Waals surface area contributed by atoms with Crippen LogP contribution in [0.25, 0.3) is 0 Å². The molecule has 1 fully saturated rings. The van der Waals surface area contributed by atoms with Gasteiger partial charge in [0.25, 0.3) is 0 Å². The van der Waals surface area contributed by atoms with Gasteiger partial charge in [-0.1, -0.05) is 19.6 Å². The van der Waals surface area contributed by atoms with Crippen LogP contribution in [-0.2, 0) is 4.74 Å². The average molecular weight is 201 g/mol. The van der Waals surface area contributed by atoms with Crippen molar-refractivity contribution in [3.63, 3.8) is 0 Å². The lowest BCUT2D eigenvalue weighted by molar-refractivity contribution is 0.0472. The Morgan fingerprint density at radius 1 is 1.23 bits per heavy atom. The van der Waals surface area contributed by atoms with Gasteiger partial charge in [-0.15, -0.1) is 0 Å². The van der Waals surface area contributed by atoms with Crippen molar-refractivity contribution in [2.45, 2.75) is 44.9 Å². The van der Waals surface area contributed by atoms with Crippen LogP contribution in [0.15, 0.2) is 0 Å². The van der Waals surface area contributed by atoms with Crippen LogP contribution >= 0.6 is 0 Å². The molecule has 1 saturated heterocycles. The molecular formula is C10H23NOSi. The normalized spacial score (nSPS) is 23.1. The maximum Gasteiger partial charge on any atom is 0.0596 e. The van der Waals surface area contributed by atoms with Crippen LogP contribution in [0.5, 0.6) is 0 Å². The predicted molar refractivity (Wildman–Crippen MR) is 59.8 cm³/mol. The van der Waals surface area contributed by atoms with E-state index in [9.17, 15) is 0 Å². The summed E-state index contributed by atoms with van der Waals surface area (Å²) < 4.78 is 5.37. The first-order chi connectivity index (χ1) is 5.91. The molecule has 13 heavy (non-hydrogen) atoms. The molecule has 0 amide bonds. The summed E-state index contributed by atoms with van der Waals surface area (Å²) in [7, 11) is -0.940. The molecule has 0 aliphatic carbocycles. The SMILES string of the molecule is CC1(NC[Si](C)(C)C)CCOCC1. The van der Waals surface area contributed by atoms with E-state index in [0.29, 0.717) is 5.54 Å². The first-order valence-corrected chi connectivity index (χ1v) is 8.95. The van der Waals surface area contributed by atoms with Gasteiger partial charge < -0.3 is 10.1 Å². The van der Waals surface area contributed by atoms with Gasteiger partial charge in [-0.3, -0.25) is 0 Å². The molecule has 1 rings (SSSR count). The summed E-state index contributed by atoms with van der Waals surface area (Å²) in [6.07, 6.45) is 3.55. The smallest absolute Gasteiger partial charge is 0.0596 e. The van der Waals surface area contributed by atoms with Crippen LogP contribution < -0.4 is 5.32 Å². The molecule has 1 aliphatic rings. The van der Waals surface area contributed by atoms with Gasteiger partial charge >= 0.3 is 0 Å². The zero-order chi connectivity index (χ0) is 9.95. The fourth-order valence-corrected chi connectivity index (χ4v) is 2.43. The van der Waals surface area contributed by atoms with Crippen LogP contribution in [0.2, 0.25) is 19.6 Å². The minimum Gasteiger partial charge on any atom is -0.381 e. The molecule has 1 aliphatic heterocycles. The monoisotopic (exact) mass is 201 g/mol. The van der Waals surface area contributed by atoms with Gasteiger partial charge in [-0.2, -0.15) is 0 Å². The predicted octanol–water partition coefficient (Wildman–Crippen LogP) is 2.02. The fourth-order valence-electron chi connectivity index (χ4n) is 1.48. The second-order valence-corrected chi connectivity index (χ2v) is 11.1. The molecule has 0 aromatic rings. The molecule has 0 spiro atoms. The maximum atomic E-state index is 5.37. The summed E-state index contributed by atoms with van der Waals surface area (Å²) in [5, 5.41) is 3.72. The third kappa shape index (κ3) is 4.25. The van der Waals surface area contributed by atoms with Crippen LogP contribution in [0.4, 0.5) is 0 Å². The molecule has 1 heterocycles. The van der Waals surface area contributed by atoms with Gasteiger partial charge in [0.2, 0.25) is 0 Å². The lowest BCUT2D eigenvalue weighted by Gasteiger charge is -2.36. The van der Waals surface area contributed by atoms with Crippen molar-refractivity contribution in [1.29, 1.82) is 0 Å². The molecule has 1 N–H and O–H groups in total. The van der Waals surface area contributed by atoms with Gasteiger partial charge in [0.05, 0.1) is 8.07 Å². The Balaban J connectivity index is 2.33. The molecule has 0 saturated carbocycles. The third-order valence-electron chi connectivity index (χ3n) is 2.64. The first kappa shape index (κ1) is 11.2. The van der Waals surface area contributed by atoms with Crippen molar-refractivity contribution < 1.29 is 4.74 Å². The zero-order valence-corrected chi connectivity index (χ0v) is 10.4. The van der Waals surface area contributed by atoms with Crippen molar-refractivity contribution in [1.82, 2.24) is 5.32 Å². The van der Waals surface area contributed by atoms with E-state index in [1.54, 1.807) is 0 Å². The minimum absolute atomic E-state index is 0.346. The standard InChI is InChI=1S/C10H23NOSi/c1-10(5-7-12-8-6-10)11-9-13(2,3)4/h11H,5-9H2,1-4H3. The lowest BCUT2D eigenvalue weighted by Crippen LogP contribution is -2.52. The Labute approximate surface area is 83.1 Å². The van der Waals surface area contributed by atoms with Gasteiger partial charge in [0.15, 0.2) is 0 Å². The van der Waals surface area contributed by atoms with Crippen molar-refractivity contribution >= 4 is 8.07 Å². The van der Waals surface area contributed by atoms with Crippen LogP contribution in [0.1, 0.15) is 19.8 Å². The molecule has 0 unspecified atom stereocenters. The quantitative estimate of drug-likeness (QED) is 0.705. The largest absolute Gasteiger partial charge is 0.381 e. The van der Waals surface area contributed by atoms with Gasteiger partial charge in [0, 0.05) is 18.8 Å². The van der Waals surface area contributed by atoms with E-state index in [0.717, 1.165) is 26.1 Å². The molecule has 2 nitrogen and oxygen atoms in total. The van der Waals surface area contributed by atoms with Crippen LogP contribution in [0, 0.1) is 0 Å². The van der Waals surface area contributed by atoms with E-state index in [-0.39, 0.29) is 0 Å². The molecule has 78 valence electrons. The van der Waals surface area contributed by atoms with Gasteiger partial charge in [-0.25, -0.2) is 0 Å². The first-order valence-electron chi connectivity index (χ1n) is 5.24. The van der Waals surface area contributed by atoms with E-state index in [1.165, 1.54) is 6.17 Å². The summed E-state index contributed by atoms with van der Waals surface area (Å²) >= 11 is 0. The molecule has 0 aromatic carbocycles. The summed E-state index contributed by atoms with van der Waals surface area (Å²) in [6, 6.07) is 0. The number of ether oxygens (including phenoxy) is 1. The summed E-state index contributed by atoms with van der Waals surface area (Å²) in [5.74, 6) is 0. The summed E-state index contributed by atoms with van der Waals surface area (Å²) in [4.78, 5) is 0. The van der Waals surface area contributed by atoms with Crippen LogP contribution in [-0.4, -0.2) is 33.0 Å². The van der Waals surface area contributed by atoms with Crippen molar-refractivity contribution in [2.75, 3.05) is 19.4 Å². The average Bonchev–Trinajstić information content (AvgIpc) is 2.02. The molecule has 0 aromatic heterocycles. The second-order valence-electron chi connectivity index (χ2n) is 5.59. The van der Waals surface area contributed by atoms with E-state index >= 15 is 0 Å². The van der Waals surface area contributed by atoms with Gasteiger partial charge in [0.1, 0.15) is 0 Å². The second kappa shape index (κ2) is 4.11. The van der Waals surface area contributed by atoms with E-state index in [2.05, 4.69) is 31.9 Å². The van der Waals surface area contributed by atoms with Crippen molar-refractivity contribution in [2.24, 2.45) is 0 Å². The Kier molecular flexibility index (Phi) is 3.55. The van der Waals surface area contributed by atoms with Gasteiger partial charge in [-0.05, 0) is 25.9 Å². The number of hydrogen-bond donors (Lipinski definition) is 1. The molecule has 0 bridgehead atoms. The fraction of sp³-hybridized carbons (Fsp3) is 1.00. The Morgan fingerprint density at radius 2 is 1.77 bits per heavy atom. The lowest BCUT2D eigenvalue weighted by atomic mass is 9.93. The molecule has 3 heteroatoms. The highest BCUT2D eigenvalue weighted by Crippen LogP contribution is 2.19. The van der Waals surface area contributed by atoms with E-state index < -0.39 is 8.07 Å². The number of rotatable bonds is 3. The Morgan fingerprint density at radius 3 is 2.23 bits per heavy atom. The topological polar surface area (TPSA) is 21.3 Å². The number of nitrogens with one attached hydrogen (secondary N) is 1. The van der Waals surface area contributed by atoms with E-state index in [1.807, 2.05) is 0 Å². The zero-order valence-electron chi connectivity index (χ0n) is 9.44. The van der Waals surface area contributed by atoms with Crippen molar-refractivity contribution in [3.8, 4) is 0 Å². The molecule has 0 atom stereocenters. The summed E-state index contributed by atoms with van der Waals surface area (Å²) in [5.41, 5.74) is 0.346. The third-order valence-corrected chi connectivity index (χ3v) is 3.88. The molecule has 0 radical (unpaired) electrons. The minimum atomic E-state index is -0.940. The maximum absolute atomic E-state index is 5.37. The Bertz CT molecular complexity index is 159. The molecular weight excluding hydrogens is 178 g/mol. The highest BCUT2D eigenvalue weighted by atomic mass is 28.3. The van der Waals surface area contributed by atoms with E-state index in [4.69, 9.17) is 4.74 Å². The Hall–Kier alpha value is 0.137. The number of hydrogen-bond acceptors (Lipinski definition) is 2. The van der Waals surface area contributed by atoms with Crippen molar-refractivity contribution in [3.05, 3.63) is 0 Å². The highest BCUT2D eigenvalue weighted by molar-refractivity contribution is 6.76. The highest BCUT2D eigenvalue weighted by Gasteiger charge is 2.28. The van der Waals surface area contributed by atoms with Crippen LogP contribution in [0.3, 0.4) is 0 Å².